The van der Waals surface area contributed by atoms with Gasteiger partial charge in [-0.25, -0.2) is 9.67 Å². The molecule has 1 saturated heterocycles. The van der Waals surface area contributed by atoms with Gasteiger partial charge in [-0.3, -0.25) is 9.69 Å². The van der Waals surface area contributed by atoms with E-state index in [1.165, 1.54) is 12.8 Å². The lowest BCUT2D eigenvalue weighted by molar-refractivity contribution is 0.109. The van der Waals surface area contributed by atoms with Gasteiger partial charge < -0.3 is 10.1 Å². The first-order chi connectivity index (χ1) is 16.2. The topological polar surface area (TPSA) is 96.1 Å². The zero-order valence-electron chi connectivity index (χ0n) is 19.2. The molecule has 0 aromatic carbocycles. The summed E-state index contributed by atoms with van der Waals surface area (Å²) in [5, 5.41) is 17.8. The maximum atomic E-state index is 12.6. The van der Waals surface area contributed by atoms with Crippen molar-refractivity contribution in [1.29, 1.82) is 5.26 Å². The smallest absolute Gasteiger partial charge is 0.267 e. The van der Waals surface area contributed by atoms with E-state index in [0.717, 1.165) is 80.7 Å². The van der Waals surface area contributed by atoms with Gasteiger partial charge in [0, 0.05) is 37.2 Å². The third-order valence-electron chi connectivity index (χ3n) is 7.18. The number of hydrogen-bond acceptors (Lipinski definition) is 7. The highest BCUT2D eigenvalue weighted by Crippen LogP contribution is 2.23. The molecule has 0 spiro atoms. The summed E-state index contributed by atoms with van der Waals surface area (Å²) in [6.07, 6.45) is 8.52. The van der Waals surface area contributed by atoms with Crippen molar-refractivity contribution < 1.29 is 4.74 Å². The minimum Gasteiger partial charge on any atom is -0.376 e. The van der Waals surface area contributed by atoms with E-state index >= 15 is 0 Å². The van der Waals surface area contributed by atoms with Crippen LogP contribution in [0.25, 0.3) is 0 Å². The first-order valence-electron chi connectivity index (χ1n) is 12.3. The Labute approximate surface area is 194 Å². The zero-order chi connectivity index (χ0) is 22.6. The highest BCUT2D eigenvalue weighted by molar-refractivity contribution is 5.54. The fourth-order valence-corrected chi connectivity index (χ4v) is 5.29. The van der Waals surface area contributed by atoms with E-state index in [1.54, 1.807) is 10.7 Å². The van der Waals surface area contributed by atoms with Crippen molar-refractivity contribution in [3.8, 4) is 6.07 Å². The summed E-state index contributed by atoms with van der Waals surface area (Å²) < 4.78 is 7.16. The maximum absolute atomic E-state index is 12.6. The molecule has 0 amide bonds. The number of piperidine rings is 1. The van der Waals surface area contributed by atoms with Crippen LogP contribution in [0.5, 0.6) is 0 Å². The normalized spacial score (nSPS) is 20.5. The highest BCUT2D eigenvalue weighted by Gasteiger charge is 2.24. The standard InChI is InChI=1S/C25H32N6O2/c26-15-19-13-20-17-33-12-8-22(20)28-25(19)27-16-21-6-3-4-9-30(21)10-11-31-24(32)14-18-5-1-2-7-23(18)29-31/h13-14,21H,1-12,16-17H2,(H,27,28). The van der Waals surface area contributed by atoms with Crippen LogP contribution in [0.3, 0.4) is 0 Å². The first-order valence-corrected chi connectivity index (χ1v) is 12.3. The van der Waals surface area contributed by atoms with Crippen LogP contribution in [0.4, 0.5) is 5.82 Å². The van der Waals surface area contributed by atoms with Gasteiger partial charge in [-0.05, 0) is 56.7 Å². The monoisotopic (exact) mass is 448 g/mol. The largest absolute Gasteiger partial charge is 0.376 e. The van der Waals surface area contributed by atoms with Crippen LogP contribution >= 0.6 is 0 Å². The van der Waals surface area contributed by atoms with Crippen LogP contribution in [0, 0.1) is 11.3 Å². The number of ether oxygens (including phenoxy) is 1. The van der Waals surface area contributed by atoms with E-state index in [9.17, 15) is 10.1 Å². The summed E-state index contributed by atoms with van der Waals surface area (Å²) >= 11 is 0. The van der Waals surface area contributed by atoms with Crippen molar-refractivity contribution in [3.63, 3.8) is 0 Å². The van der Waals surface area contributed by atoms with Gasteiger partial charge in [0.2, 0.25) is 0 Å². The Kier molecular flexibility index (Phi) is 6.70. The molecule has 1 N–H and O–H groups in total. The van der Waals surface area contributed by atoms with Crippen LogP contribution < -0.4 is 10.9 Å². The molecule has 5 rings (SSSR count). The van der Waals surface area contributed by atoms with Gasteiger partial charge in [-0.1, -0.05) is 6.42 Å². The molecule has 1 aliphatic carbocycles. The first kappa shape index (κ1) is 22.1. The van der Waals surface area contributed by atoms with Gasteiger partial charge in [0.05, 0.1) is 36.7 Å². The van der Waals surface area contributed by atoms with E-state index in [0.29, 0.717) is 37.2 Å². The molecule has 0 saturated carbocycles. The molecule has 2 aliphatic heterocycles. The van der Waals surface area contributed by atoms with E-state index in [1.807, 2.05) is 6.07 Å². The molecule has 1 fully saturated rings. The van der Waals surface area contributed by atoms with Crippen LogP contribution in [0.2, 0.25) is 0 Å². The molecule has 33 heavy (non-hydrogen) atoms. The summed E-state index contributed by atoms with van der Waals surface area (Å²) in [6, 6.07) is 6.34. The van der Waals surface area contributed by atoms with Crippen LogP contribution in [0.1, 0.15) is 60.2 Å². The van der Waals surface area contributed by atoms with Gasteiger partial charge in [-0.15, -0.1) is 0 Å². The van der Waals surface area contributed by atoms with Gasteiger partial charge in [0.15, 0.2) is 0 Å². The third-order valence-corrected chi connectivity index (χ3v) is 7.18. The van der Waals surface area contributed by atoms with Gasteiger partial charge >= 0.3 is 0 Å². The van der Waals surface area contributed by atoms with Gasteiger partial charge in [-0.2, -0.15) is 10.4 Å². The summed E-state index contributed by atoms with van der Waals surface area (Å²) in [5.74, 6) is 0.677. The van der Waals surface area contributed by atoms with Gasteiger partial charge in [0.1, 0.15) is 11.9 Å². The van der Waals surface area contributed by atoms with Crippen LogP contribution in [-0.2, 0) is 37.2 Å². The summed E-state index contributed by atoms with van der Waals surface area (Å²) in [4.78, 5) is 19.8. The number of nitrogens with one attached hydrogen (secondary N) is 1. The van der Waals surface area contributed by atoms with Crippen molar-refractivity contribution in [2.24, 2.45) is 0 Å². The lowest BCUT2D eigenvalue weighted by atomic mass is 9.97. The third kappa shape index (κ3) is 4.94. The van der Waals surface area contributed by atoms with Crippen molar-refractivity contribution in [2.75, 3.05) is 31.6 Å². The molecule has 3 aliphatic rings. The van der Waals surface area contributed by atoms with Crippen molar-refractivity contribution in [1.82, 2.24) is 19.7 Å². The molecule has 0 bridgehead atoms. The van der Waals surface area contributed by atoms with E-state index in [2.05, 4.69) is 21.4 Å². The van der Waals surface area contributed by atoms with Crippen molar-refractivity contribution in [3.05, 3.63) is 50.6 Å². The molecule has 4 heterocycles. The highest BCUT2D eigenvalue weighted by atomic mass is 16.5. The van der Waals surface area contributed by atoms with Crippen molar-refractivity contribution >= 4 is 5.82 Å². The second-order valence-corrected chi connectivity index (χ2v) is 9.36. The Bertz CT molecular complexity index is 1110. The Morgan fingerprint density at radius 3 is 2.91 bits per heavy atom. The summed E-state index contributed by atoms with van der Waals surface area (Å²) in [6.45, 7) is 4.39. The summed E-state index contributed by atoms with van der Waals surface area (Å²) in [7, 11) is 0. The number of hydrogen-bond donors (Lipinski definition) is 1. The average molecular weight is 449 g/mol. The molecule has 174 valence electrons. The second-order valence-electron chi connectivity index (χ2n) is 9.36. The quantitative estimate of drug-likeness (QED) is 0.725. The average Bonchev–Trinajstić information content (AvgIpc) is 2.86. The molecule has 1 atom stereocenters. The van der Waals surface area contributed by atoms with E-state index < -0.39 is 0 Å². The number of pyridine rings is 1. The number of likely N-dealkylation sites (tertiary alicyclic amines) is 1. The predicted octanol–water partition coefficient (Wildman–Crippen LogP) is 2.43. The second kappa shape index (κ2) is 10.0. The fraction of sp³-hybridized carbons (Fsp3) is 0.600. The molecule has 8 nitrogen and oxygen atoms in total. The molecule has 8 heteroatoms. The molecule has 2 aromatic heterocycles. The maximum Gasteiger partial charge on any atom is 0.267 e. The van der Waals surface area contributed by atoms with E-state index in [-0.39, 0.29) is 5.56 Å². The zero-order valence-corrected chi connectivity index (χ0v) is 19.2. The van der Waals surface area contributed by atoms with Crippen LogP contribution in [-0.4, -0.2) is 51.9 Å². The lowest BCUT2D eigenvalue weighted by Gasteiger charge is -2.36. The predicted molar refractivity (Wildman–Crippen MR) is 125 cm³/mol. The fourth-order valence-electron chi connectivity index (χ4n) is 5.29. The molecule has 1 unspecified atom stereocenters. The minimum absolute atomic E-state index is 0.0169. The number of aryl methyl sites for hydroxylation is 2. The van der Waals surface area contributed by atoms with E-state index in [4.69, 9.17) is 9.72 Å². The minimum atomic E-state index is 0.0169. The SMILES string of the molecule is N#Cc1cc2c(nc1NCC1CCCCN1CCn1nc3c(cc1=O)CCCC3)CCOC2. The number of nitrogens with zero attached hydrogens (tertiary/aromatic N) is 5. The number of rotatable bonds is 6. The Hall–Kier alpha value is -2.76. The van der Waals surface area contributed by atoms with Crippen LogP contribution in [0.15, 0.2) is 16.9 Å². The molecule has 0 radical (unpaired) electrons. The number of anilines is 1. The lowest BCUT2D eigenvalue weighted by Crippen LogP contribution is -2.46. The Morgan fingerprint density at radius 2 is 2.00 bits per heavy atom. The molecule has 2 aromatic rings. The Morgan fingerprint density at radius 1 is 1.09 bits per heavy atom. The van der Waals surface area contributed by atoms with Gasteiger partial charge in [0.25, 0.3) is 5.56 Å². The summed E-state index contributed by atoms with van der Waals surface area (Å²) in [5.41, 5.74) is 4.88. The number of nitriles is 1. The number of fused-ring (bicyclic) bond motifs is 2. The molecular formula is C25H32N6O2. The number of aromatic nitrogens is 3. The Balaban J connectivity index is 1.25. The molecular weight excluding hydrogens is 416 g/mol. The van der Waals surface area contributed by atoms with Crippen molar-refractivity contribution in [2.45, 2.75) is 70.6 Å².